The van der Waals surface area contributed by atoms with Crippen LogP contribution in [0.3, 0.4) is 0 Å². The van der Waals surface area contributed by atoms with E-state index < -0.39 is 23.5 Å². The molecule has 0 saturated carbocycles. The smallest absolute Gasteiger partial charge is 0.384 e. The minimum Gasteiger partial charge on any atom is -0.384 e. The van der Waals surface area contributed by atoms with Crippen molar-refractivity contribution in [2.24, 2.45) is 0 Å². The molecule has 1 aromatic carbocycles. The lowest BCUT2D eigenvalue weighted by molar-refractivity contribution is -0.143. The molecule has 1 aromatic heterocycles. The third-order valence-corrected chi connectivity index (χ3v) is 2.73. The first kappa shape index (κ1) is 15.2. The van der Waals surface area contributed by atoms with Crippen molar-refractivity contribution >= 4 is 5.82 Å². The number of anilines is 1. The maximum absolute atomic E-state index is 12.7. The third kappa shape index (κ3) is 3.47. The van der Waals surface area contributed by atoms with E-state index in [1.54, 1.807) is 0 Å². The first-order valence-electron chi connectivity index (χ1n) is 5.63. The zero-order valence-corrected chi connectivity index (χ0v) is 10.3. The van der Waals surface area contributed by atoms with E-state index in [0.29, 0.717) is 12.1 Å². The Morgan fingerprint density at radius 1 is 0.952 bits per heavy atom. The van der Waals surface area contributed by atoms with Crippen LogP contribution in [-0.2, 0) is 18.9 Å². The Hall–Kier alpha value is -2.19. The summed E-state index contributed by atoms with van der Waals surface area (Å²) >= 11 is 0. The minimum atomic E-state index is -4.87. The number of hydrogen-bond acceptors (Lipinski definition) is 2. The van der Waals surface area contributed by atoms with Gasteiger partial charge in [0.15, 0.2) is 0 Å². The highest BCUT2D eigenvalue weighted by Crippen LogP contribution is 2.36. The van der Waals surface area contributed by atoms with E-state index in [9.17, 15) is 26.3 Å². The van der Waals surface area contributed by atoms with Crippen LogP contribution >= 0.6 is 0 Å². The highest BCUT2D eigenvalue weighted by atomic mass is 19.4. The van der Waals surface area contributed by atoms with Gasteiger partial charge in [0.1, 0.15) is 5.82 Å². The average Bonchev–Trinajstić information content (AvgIpc) is 2.72. The zero-order chi connectivity index (χ0) is 15.8. The van der Waals surface area contributed by atoms with Gasteiger partial charge in [-0.05, 0) is 29.8 Å². The highest BCUT2D eigenvalue weighted by Gasteiger charge is 2.36. The number of nitrogens with two attached hydrogens (primary N) is 1. The van der Waals surface area contributed by atoms with Crippen molar-refractivity contribution in [3.63, 3.8) is 0 Å². The number of hydrogen-bond donors (Lipinski definition) is 1. The molecule has 0 unspecified atom stereocenters. The molecule has 0 aliphatic heterocycles. The van der Waals surface area contributed by atoms with Gasteiger partial charge in [-0.25, -0.2) is 4.68 Å². The van der Waals surface area contributed by atoms with Crippen LogP contribution in [0.5, 0.6) is 0 Å². The second-order valence-electron chi connectivity index (χ2n) is 4.33. The summed E-state index contributed by atoms with van der Waals surface area (Å²) in [4.78, 5) is 0. The second kappa shape index (κ2) is 4.97. The summed E-state index contributed by atoms with van der Waals surface area (Å²) in [7, 11) is 0. The number of aromatic nitrogens is 2. The molecule has 2 N–H and O–H groups in total. The maximum Gasteiger partial charge on any atom is 0.416 e. The van der Waals surface area contributed by atoms with Gasteiger partial charge in [-0.3, -0.25) is 0 Å². The number of alkyl halides is 6. The molecule has 3 nitrogen and oxygen atoms in total. The van der Waals surface area contributed by atoms with E-state index in [0.717, 1.165) is 4.68 Å². The summed E-state index contributed by atoms with van der Waals surface area (Å²) < 4.78 is 77.2. The van der Waals surface area contributed by atoms with Gasteiger partial charge in [-0.1, -0.05) is 0 Å². The fourth-order valence-electron chi connectivity index (χ4n) is 1.76. The van der Waals surface area contributed by atoms with Crippen molar-refractivity contribution in [3.05, 3.63) is 47.2 Å². The van der Waals surface area contributed by atoms with Gasteiger partial charge >= 0.3 is 12.4 Å². The lowest BCUT2D eigenvalue weighted by Gasteiger charge is -2.14. The van der Waals surface area contributed by atoms with Crippen LogP contribution in [0.2, 0.25) is 0 Å². The van der Waals surface area contributed by atoms with Gasteiger partial charge in [0.2, 0.25) is 0 Å². The summed E-state index contributed by atoms with van der Waals surface area (Å²) in [6.07, 6.45) is -8.44. The molecular weight excluding hydrogens is 300 g/mol. The Morgan fingerprint density at radius 3 is 1.86 bits per heavy atom. The standard InChI is InChI=1S/C12H9F6N3/c13-11(14,15)8-3-7(4-9(5-8)12(16,17)18)6-21-10(19)1-2-20-21/h1-5H,6,19H2. The normalized spacial score (nSPS) is 12.7. The largest absolute Gasteiger partial charge is 0.416 e. The third-order valence-electron chi connectivity index (χ3n) is 2.73. The summed E-state index contributed by atoms with van der Waals surface area (Å²) in [6, 6.07) is 2.76. The van der Waals surface area contributed by atoms with Gasteiger partial charge in [0.25, 0.3) is 0 Å². The average molecular weight is 309 g/mol. The van der Waals surface area contributed by atoms with E-state index in [1.807, 2.05) is 0 Å². The van der Waals surface area contributed by atoms with Gasteiger partial charge in [-0.15, -0.1) is 0 Å². The second-order valence-corrected chi connectivity index (χ2v) is 4.33. The Bertz CT molecular complexity index is 609. The van der Waals surface area contributed by atoms with E-state index in [2.05, 4.69) is 5.10 Å². The lowest BCUT2D eigenvalue weighted by atomic mass is 10.0. The predicted molar refractivity (Wildman–Crippen MR) is 62.2 cm³/mol. The molecule has 0 aliphatic rings. The van der Waals surface area contributed by atoms with Crippen molar-refractivity contribution in [2.45, 2.75) is 18.9 Å². The van der Waals surface area contributed by atoms with Crippen LogP contribution in [0, 0.1) is 0 Å². The van der Waals surface area contributed by atoms with E-state index in [1.165, 1.54) is 12.3 Å². The van der Waals surface area contributed by atoms with Gasteiger partial charge in [0, 0.05) is 0 Å². The Morgan fingerprint density at radius 2 is 1.48 bits per heavy atom. The summed E-state index contributed by atoms with van der Waals surface area (Å²) in [5.74, 6) is 0.140. The van der Waals surface area contributed by atoms with Crippen molar-refractivity contribution in [1.82, 2.24) is 9.78 Å². The number of nitrogen functional groups attached to an aromatic ring is 1. The van der Waals surface area contributed by atoms with Gasteiger partial charge in [0.05, 0.1) is 23.9 Å². The molecule has 1 heterocycles. The molecule has 0 spiro atoms. The fraction of sp³-hybridized carbons (Fsp3) is 0.250. The highest BCUT2D eigenvalue weighted by molar-refractivity contribution is 5.35. The van der Waals surface area contributed by atoms with Crippen LogP contribution in [0.1, 0.15) is 16.7 Å². The topological polar surface area (TPSA) is 43.8 Å². The SMILES string of the molecule is Nc1ccnn1Cc1cc(C(F)(F)F)cc(C(F)(F)F)c1. The molecule has 114 valence electrons. The number of nitrogens with zero attached hydrogens (tertiary/aromatic N) is 2. The van der Waals surface area contributed by atoms with E-state index in [-0.39, 0.29) is 24.0 Å². The van der Waals surface area contributed by atoms with Crippen molar-refractivity contribution < 1.29 is 26.3 Å². The van der Waals surface area contributed by atoms with Crippen LogP contribution in [0.4, 0.5) is 32.2 Å². The number of benzene rings is 1. The zero-order valence-electron chi connectivity index (χ0n) is 10.3. The number of halogens is 6. The molecule has 0 fully saturated rings. The molecule has 0 aliphatic carbocycles. The molecule has 0 radical (unpaired) electrons. The van der Waals surface area contributed by atoms with Crippen LogP contribution < -0.4 is 5.73 Å². The Labute approximate surface area is 115 Å². The van der Waals surface area contributed by atoms with E-state index >= 15 is 0 Å². The molecule has 0 atom stereocenters. The van der Waals surface area contributed by atoms with Crippen molar-refractivity contribution in [1.29, 1.82) is 0 Å². The van der Waals surface area contributed by atoms with Crippen LogP contribution in [0.25, 0.3) is 0 Å². The monoisotopic (exact) mass is 309 g/mol. The van der Waals surface area contributed by atoms with Gasteiger partial charge < -0.3 is 5.73 Å². The Balaban J connectivity index is 2.48. The van der Waals surface area contributed by atoms with Crippen molar-refractivity contribution in [3.8, 4) is 0 Å². The van der Waals surface area contributed by atoms with Gasteiger partial charge in [-0.2, -0.15) is 31.4 Å². The maximum atomic E-state index is 12.7. The molecule has 0 saturated heterocycles. The number of rotatable bonds is 2. The quantitative estimate of drug-likeness (QED) is 0.862. The first-order valence-corrected chi connectivity index (χ1v) is 5.63. The lowest BCUT2D eigenvalue weighted by Crippen LogP contribution is -2.13. The molecule has 9 heteroatoms. The van der Waals surface area contributed by atoms with Crippen LogP contribution in [-0.4, -0.2) is 9.78 Å². The molecule has 0 amide bonds. The molecular formula is C12H9F6N3. The fourth-order valence-corrected chi connectivity index (χ4v) is 1.76. The summed E-state index contributed by atoms with van der Waals surface area (Å²) in [6.45, 7) is -0.286. The molecule has 2 rings (SSSR count). The predicted octanol–water partition coefficient (Wildman–Crippen LogP) is 3.55. The first-order chi connectivity index (χ1) is 9.57. The summed E-state index contributed by atoms with van der Waals surface area (Å²) in [5.41, 5.74) is 2.58. The summed E-state index contributed by atoms with van der Waals surface area (Å²) in [5, 5.41) is 3.72. The Kier molecular flexibility index (Phi) is 3.60. The molecule has 0 bridgehead atoms. The van der Waals surface area contributed by atoms with E-state index in [4.69, 9.17) is 5.73 Å². The van der Waals surface area contributed by atoms with Crippen LogP contribution in [0.15, 0.2) is 30.5 Å². The van der Waals surface area contributed by atoms with Crippen molar-refractivity contribution in [2.75, 3.05) is 5.73 Å². The molecule has 21 heavy (non-hydrogen) atoms. The minimum absolute atomic E-state index is 0.0793. The molecule has 2 aromatic rings.